The normalized spacial score (nSPS) is 55.4. The Labute approximate surface area is 126 Å². The second-order valence-electron chi connectivity index (χ2n) is 6.12. The van der Waals surface area contributed by atoms with Crippen LogP contribution in [0, 0.1) is 5.92 Å². The summed E-state index contributed by atoms with van der Waals surface area (Å²) in [5.41, 5.74) is 0. The molecule has 22 heavy (non-hydrogen) atoms. The molecule has 9 nitrogen and oxygen atoms in total. The summed E-state index contributed by atoms with van der Waals surface area (Å²) in [6.07, 6.45) is -9.70. The molecule has 0 radical (unpaired) electrons. The Bertz CT molecular complexity index is 392. The van der Waals surface area contributed by atoms with Crippen LogP contribution in [0.1, 0.15) is 6.42 Å². The van der Waals surface area contributed by atoms with E-state index in [4.69, 9.17) is 14.2 Å². The molecule has 0 aliphatic carbocycles. The molecule has 3 heterocycles. The van der Waals surface area contributed by atoms with E-state index >= 15 is 0 Å². The van der Waals surface area contributed by atoms with Gasteiger partial charge in [0.25, 0.3) is 0 Å². The van der Waals surface area contributed by atoms with Crippen LogP contribution >= 0.6 is 0 Å². The average molecular weight is 322 g/mol. The first-order valence-electron chi connectivity index (χ1n) is 7.37. The second-order valence-corrected chi connectivity index (χ2v) is 6.12. The van der Waals surface area contributed by atoms with E-state index in [-0.39, 0.29) is 13.0 Å². The lowest BCUT2D eigenvalue weighted by molar-refractivity contribution is -0.249. The monoisotopic (exact) mass is 322 g/mol. The summed E-state index contributed by atoms with van der Waals surface area (Å²) >= 11 is 0. The Balaban J connectivity index is 1.71. The van der Waals surface area contributed by atoms with Gasteiger partial charge in [-0.2, -0.15) is 0 Å². The van der Waals surface area contributed by atoms with Gasteiger partial charge in [0.15, 0.2) is 6.29 Å². The fourth-order valence-corrected chi connectivity index (χ4v) is 3.41. The van der Waals surface area contributed by atoms with Crippen molar-refractivity contribution in [1.29, 1.82) is 0 Å². The summed E-state index contributed by atoms with van der Waals surface area (Å²) in [5.74, 6) is -0.560. The number of ether oxygens (including phenoxy) is 3. The second kappa shape index (κ2) is 6.27. The minimum atomic E-state index is -1.46. The molecule has 0 aromatic carbocycles. The molecule has 0 aromatic rings. The molecule has 0 aromatic heterocycles. The predicted octanol–water partition coefficient (Wildman–Crippen LogP) is -3.69. The molecule has 10 atom stereocenters. The van der Waals surface area contributed by atoms with Gasteiger partial charge in [-0.05, 0) is 6.42 Å². The summed E-state index contributed by atoms with van der Waals surface area (Å²) in [7, 11) is 0. The van der Waals surface area contributed by atoms with E-state index in [1.165, 1.54) is 0 Å². The van der Waals surface area contributed by atoms with Crippen LogP contribution in [0.4, 0.5) is 0 Å². The highest BCUT2D eigenvalue weighted by Crippen LogP contribution is 2.37. The van der Waals surface area contributed by atoms with Gasteiger partial charge in [-0.1, -0.05) is 0 Å². The highest BCUT2D eigenvalue weighted by atomic mass is 16.7. The van der Waals surface area contributed by atoms with Crippen LogP contribution in [-0.2, 0) is 14.2 Å². The van der Waals surface area contributed by atoms with Crippen molar-refractivity contribution >= 4 is 0 Å². The molecule has 3 aliphatic rings. The van der Waals surface area contributed by atoms with Crippen molar-refractivity contribution in [3.8, 4) is 0 Å². The van der Waals surface area contributed by atoms with Gasteiger partial charge in [0.1, 0.15) is 30.5 Å². The minimum absolute atomic E-state index is 0.0838. The molecule has 3 saturated heterocycles. The van der Waals surface area contributed by atoms with Crippen molar-refractivity contribution in [2.75, 3.05) is 13.2 Å². The maximum Gasteiger partial charge on any atom is 0.186 e. The zero-order valence-corrected chi connectivity index (χ0v) is 11.8. The van der Waals surface area contributed by atoms with Crippen molar-refractivity contribution in [3.63, 3.8) is 0 Å². The third kappa shape index (κ3) is 2.66. The van der Waals surface area contributed by atoms with Crippen LogP contribution in [0.25, 0.3) is 0 Å². The Hall–Kier alpha value is -0.360. The minimum Gasteiger partial charge on any atom is -0.394 e. The van der Waals surface area contributed by atoms with Crippen molar-refractivity contribution in [1.82, 2.24) is 0 Å². The molecule has 0 saturated carbocycles. The lowest BCUT2D eigenvalue weighted by Crippen LogP contribution is -2.60. The highest BCUT2D eigenvalue weighted by molar-refractivity contribution is 4.98. The number of rotatable bonds is 3. The molecule has 3 aliphatic heterocycles. The third-order valence-electron chi connectivity index (χ3n) is 4.77. The van der Waals surface area contributed by atoms with Gasteiger partial charge in [0.05, 0.1) is 31.5 Å². The number of hydrogen-bond acceptors (Lipinski definition) is 9. The summed E-state index contributed by atoms with van der Waals surface area (Å²) in [6.45, 7) is -0.302. The first-order chi connectivity index (χ1) is 10.4. The van der Waals surface area contributed by atoms with Gasteiger partial charge >= 0.3 is 0 Å². The zero-order chi connectivity index (χ0) is 16.0. The molecule has 3 rings (SSSR count). The summed E-state index contributed by atoms with van der Waals surface area (Å²) in [6, 6.07) is 0. The van der Waals surface area contributed by atoms with Crippen LogP contribution in [0.5, 0.6) is 0 Å². The molecule has 3 fully saturated rings. The van der Waals surface area contributed by atoms with E-state index in [0.717, 1.165) is 0 Å². The van der Waals surface area contributed by atoms with Gasteiger partial charge in [-0.3, -0.25) is 0 Å². The average Bonchev–Trinajstić information content (AvgIpc) is 2.96. The SMILES string of the molecule is OC[C@H]1O[C@H](C[C@H]2[C@H](O)[C@@H](O)[C@@H]3OC[C@H]2O3)[C@@H](O)[C@@H](O)[C@@H]1O. The fraction of sp³-hybridized carbons (Fsp3) is 1.00. The van der Waals surface area contributed by atoms with E-state index in [1.54, 1.807) is 0 Å². The third-order valence-corrected chi connectivity index (χ3v) is 4.77. The maximum atomic E-state index is 10.2. The van der Waals surface area contributed by atoms with Crippen molar-refractivity contribution in [3.05, 3.63) is 0 Å². The van der Waals surface area contributed by atoms with Gasteiger partial charge in [-0.25, -0.2) is 0 Å². The standard InChI is InChI=1S/C13H22O9/c14-2-6-10(17)11(18)9(16)5(21-6)1-4-7-3-20-13(22-7)12(19)8(4)15/h4-19H,1-3H2/t4-,5-,6-,7-,8+,9-,10-,11-,12-,13-/m1/s1. The van der Waals surface area contributed by atoms with Crippen LogP contribution in [0.15, 0.2) is 0 Å². The van der Waals surface area contributed by atoms with E-state index in [0.29, 0.717) is 0 Å². The fourth-order valence-electron chi connectivity index (χ4n) is 3.41. The lowest BCUT2D eigenvalue weighted by atomic mass is 9.82. The van der Waals surface area contributed by atoms with Gasteiger partial charge in [-0.15, -0.1) is 0 Å². The Morgan fingerprint density at radius 3 is 2.14 bits per heavy atom. The smallest absolute Gasteiger partial charge is 0.186 e. The molecule has 0 unspecified atom stereocenters. The van der Waals surface area contributed by atoms with E-state index in [2.05, 4.69) is 0 Å². The van der Waals surface area contributed by atoms with Crippen molar-refractivity contribution < 1.29 is 44.8 Å². The van der Waals surface area contributed by atoms with E-state index < -0.39 is 67.6 Å². The maximum absolute atomic E-state index is 10.2. The van der Waals surface area contributed by atoms with Gasteiger partial charge in [0, 0.05) is 5.92 Å². The topological polar surface area (TPSA) is 149 Å². The van der Waals surface area contributed by atoms with E-state index in [1.807, 2.05) is 0 Å². The van der Waals surface area contributed by atoms with Crippen molar-refractivity contribution in [2.24, 2.45) is 5.92 Å². The van der Waals surface area contributed by atoms with Gasteiger partial charge in [0.2, 0.25) is 0 Å². The Morgan fingerprint density at radius 1 is 0.773 bits per heavy atom. The van der Waals surface area contributed by atoms with Crippen molar-refractivity contribution in [2.45, 2.75) is 61.5 Å². The van der Waals surface area contributed by atoms with Crippen LogP contribution in [-0.4, -0.2) is 99.0 Å². The largest absolute Gasteiger partial charge is 0.394 e. The molecule has 0 amide bonds. The summed E-state index contributed by atoms with van der Waals surface area (Å²) in [5, 5.41) is 58.8. The Kier molecular flexibility index (Phi) is 4.70. The van der Waals surface area contributed by atoms with Crippen LogP contribution in [0.3, 0.4) is 0 Å². The van der Waals surface area contributed by atoms with Crippen LogP contribution < -0.4 is 0 Å². The number of fused-ring (bicyclic) bond motifs is 2. The molecule has 2 bridgehead atoms. The summed E-state index contributed by atoms with van der Waals surface area (Å²) < 4.78 is 16.1. The molecule has 9 heteroatoms. The zero-order valence-electron chi connectivity index (χ0n) is 11.8. The summed E-state index contributed by atoms with van der Waals surface area (Å²) in [4.78, 5) is 0. The molecule has 6 N–H and O–H groups in total. The molecule has 0 spiro atoms. The predicted molar refractivity (Wildman–Crippen MR) is 68.5 cm³/mol. The highest BCUT2D eigenvalue weighted by Gasteiger charge is 2.52. The Morgan fingerprint density at radius 2 is 1.45 bits per heavy atom. The number of hydrogen-bond donors (Lipinski definition) is 6. The number of aliphatic hydroxyl groups is 6. The molecule has 128 valence electrons. The number of aliphatic hydroxyl groups excluding tert-OH is 6. The first-order valence-corrected chi connectivity index (χ1v) is 7.37. The molecular formula is C13H22O9. The lowest BCUT2D eigenvalue weighted by Gasteiger charge is -2.43. The van der Waals surface area contributed by atoms with Gasteiger partial charge < -0.3 is 44.8 Å². The molecular weight excluding hydrogens is 300 g/mol. The van der Waals surface area contributed by atoms with Crippen LogP contribution in [0.2, 0.25) is 0 Å². The quantitative estimate of drug-likeness (QED) is 0.309. The first kappa shape index (κ1) is 16.5. The van der Waals surface area contributed by atoms with E-state index in [9.17, 15) is 30.6 Å².